The van der Waals surface area contributed by atoms with Gasteiger partial charge in [-0.3, -0.25) is 19.8 Å². The fraction of sp³-hybridized carbons (Fsp3) is 0.533. The number of hydrogen-bond donors (Lipinski definition) is 0. The SMILES string of the molecule is COCC1CCN(CC(=O)c2ccc([N+](=O)[O-])cc2)CC1. The number of hydrogen-bond acceptors (Lipinski definition) is 5. The van der Waals surface area contributed by atoms with Gasteiger partial charge in [-0.2, -0.15) is 0 Å². The maximum atomic E-state index is 12.2. The second-order valence-electron chi connectivity index (χ2n) is 5.40. The molecule has 1 aliphatic rings. The largest absolute Gasteiger partial charge is 0.384 e. The summed E-state index contributed by atoms with van der Waals surface area (Å²) in [6.45, 7) is 2.95. The van der Waals surface area contributed by atoms with Gasteiger partial charge in [0, 0.05) is 31.4 Å². The molecule has 0 saturated carbocycles. The van der Waals surface area contributed by atoms with E-state index in [0.29, 0.717) is 18.0 Å². The van der Waals surface area contributed by atoms with E-state index < -0.39 is 4.92 Å². The highest BCUT2D eigenvalue weighted by molar-refractivity contribution is 5.97. The molecule has 1 fully saturated rings. The molecule has 0 radical (unpaired) electrons. The zero-order valence-corrected chi connectivity index (χ0v) is 12.2. The van der Waals surface area contributed by atoms with Crippen molar-refractivity contribution >= 4 is 11.5 Å². The fourth-order valence-electron chi connectivity index (χ4n) is 2.61. The topological polar surface area (TPSA) is 72.7 Å². The molecule has 6 nitrogen and oxygen atoms in total. The molecule has 6 heteroatoms. The predicted octanol–water partition coefficient (Wildman–Crippen LogP) is 2.14. The third-order valence-electron chi connectivity index (χ3n) is 3.88. The Balaban J connectivity index is 1.86. The second kappa shape index (κ2) is 7.28. The van der Waals surface area contributed by atoms with E-state index in [0.717, 1.165) is 32.5 Å². The van der Waals surface area contributed by atoms with Crippen LogP contribution in [0.2, 0.25) is 0 Å². The molecular formula is C15H20N2O4. The number of carbonyl (C=O) groups excluding carboxylic acids is 1. The molecule has 1 saturated heterocycles. The first-order valence-corrected chi connectivity index (χ1v) is 7.09. The molecule has 0 amide bonds. The van der Waals surface area contributed by atoms with Gasteiger partial charge in [0.2, 0.25) is 0 Å². The van der Waals surface area contributed by atoms with Crippen LogP contribution in [0, 0.1) is 16.0 Å². The molecular weight excluding hydrogens is 272 g/mol. The molecule has 1 aromatic carbocycles. The number of carbonyl (C=O) groups is 1. The van der Waals surface area contributed by atoms with E-state index in [1.165, 1.54) is 24.3 Å². The summed E-state index contributed by atoms with van der Waals surface area (Å²) >= 11 is 0. The summed E-state index contributed by atoms with van der Waals surface area (Å²) in [5.41, 5.74) is 0.534. The van der Waals surface area contributed by atoms with Crippen molar-refractivity contribution in [1.29, 1.82) is 0 Å². The highest BCUT2D eigenvalue weighted by atomic mass is 16.6. The zero-order chi connectivity index (χ0) is 15.2. The Morgan fingerprint density at radius 1 is 1.33 bits per heavy atom. The lowest BCUT2D eigenvalue weighted by Crippen LogP contribution is -2.38. The molecule has 1 heterocycles. The van der Waals surface area contributed by atoms with Crippen LogP contribution in [0.5, 0.6) is 0 Å². The van der Waals surface area contributed by atoms with Gasteiger partial charge in [-0.1, -0.05) is 0 Å². The van der Waals surface area contributed by atoms with Crippen LogP contribution in [-0.2, 0) is 4.74 Å². The molecule has 0 N–H and O–H groups in total. The average Bonchev–Trinajstić information content (AvgIpc) is 2.49. The van der Waals surface area contributed by atoms with Crippen molar-refractivity contribution in [2.75, 3.05) is 33.4 Å². The number of benzene rings is 1. The summed E-state index contributed by atoms with van der Waals surface area (Å²) < 4.78 is 5.16. The minimum absolute atomic E-state index is 0.00642. The molecule has 0 atom stereocenters. The Hall–Kier alpha value is -1.79. The Labute approximate surface area is 123 Å². The van der Waals surface area contributed by atoms with Gasteiger partial charge >= 0.3 is 0 Å². The summed E-state index contributed by atoms with van der Waals surface area (Å²) in [5.74, 6) is 0.593. The average molecular weight is 292 g/mol. The van der Waals surface area contributed by atoms with Crippen LogP contribution in [0.25, 0.3) is 0 Å². The molecule has 0 aromatic heterocycles. The number of piperidine rings is 1. The van der Waals surface area contributed by atoms with Crippen LogP contribution in [0.3, 0.4) is 0 Å². The van der Waals surface area contributed by atoms with Gasteiger partial charge in [0.25, 0.3) is 5.69 Å². The lowest BCUT2D eigenvalue weighted by atomic mass is 9.97. The quantitative estimate of drug-likeness (QED) is 0.456. The van der Waals surface area contributed by atoms with E-state index in [2.05, 4.69) is 4.90 Å². The van der Waals surface area contributed by atoms with Gasteiger partial charge in [0.1, 0.15) is 0 Å². The summed E-state index contributed by atoms with van der Waals surface area (Å²) in [6.07, 6.45) is 2.09. The van der Waals surface area contributed by atoms with Gasteiger partial charge in [-0.05, 0) is 44.0 Å². The van der Waals surface area contributed by atoms with Crippen molar-refractivity contribution < 1.29 is 14.5 Å². The molecule has 114 valence electrons. The van der Waals surface area contributed by atoms with Gasteiger partial charge in [0.05, 0.1) is 11.5 Å². The maximum absolute atomic E-state index is 12.2. The smallest absolute Gasteiger partial charge is 0.269 e. The molecule has 0 aliphatic carbocycles. The summed E-state index contributed by atoms with van der Waals surface area (Å²) in [5, 5.41) is 10.6. The standard InChI is InChI=1S/C15H20N2O4/c1-21-11-12-6-8-16(9-7-12)10-15(18)13-2-4-14(5-3-13)17(19)20/h2-5,12H,6-11H2,1H3. The molecule has 0 bridgehead atoms. The molecule has 1 aromatic rings. The van der Waals surface area contributed by atoms with E-state index in [1.54, 1.807) is 7.11 Å². The van der Waals surface area contributed by atoms with Crippen LogP contribution in [-0.4, -0.2) is 49.0 Å². The summed E-state index contributed by atoms with van der Waals surface area (Å²) in [6, 6.07) is 5.80. The van der Waals surface area contributed by atoms with Gasteiger partial charge < -0.3 is 4.74 Å². The van der Waals surface area contributed by atoms with Crippen LogP contribution >= 0.6 is 0 Å². The Kier molecular flexibility index (Phi) is 5.41. The first-order valence-electron chi connectivity index (χ1n) is 7.09. The summed E-state index contributed by atoms with van der Waals surface area (Å²) in [4.78, 5) is 24.4. The number of nitrogens with zero attached hydrogens (tertiary/aromatic N) is 2. The Morgan fingerprint density at radius 2 is 1.95 bits per heavy atom. The number of non-ortho nitro benzene ring substituents is 1. The van der Waals surface area contributed by atoms with E-state index in [1.807, 2.05) is 0 Å². The number of nitro benzene ring substituents is 1. The van der Waals surface area contributed by atoms with Crippen LogP contribution in [0.15, 0.2) is 24.3 Å². The van der Waals surface area contributed by atoms with Crippen LogP contribution in [0.1, 0.15) is 23.2 Å². The number of ketones is 1. The number of nitro groups is 1. The van der Waals surface area contributed by atoms with Crippen LogP contribution in [0.4, 0.5) is 5.69 Å². The monoisotopic (exact) mass is 292 g/mol. The third kappa shape index (κ3) is 4.34. The number of Topliss-reactive ketones (excluding diaryl/α,β-unsaturated/α-hetero) is 1. The van der Waals surface area contributed by atoms with Gasteiger partial charge in [-0.25, -0.2) is 0 Å². The minimum Gasteiger partial charge on any atom is -0.384 e. The van der Waals surface area contributed by atoms with Crippen molar-refractivity contribution in [2.24, 2.45) is 5.92 Å². The molecule has 0 spiro atoms. The second-order valence-corrected chi connectivity index (χ2v) is 5.40. The molecule has 2 rings (SSSR count). The minimum atomic E-state index is -0.463. The Morgan fingerprint density at radius 3 is 2.48 bits per heavy atom. The highest BCUT2D eigenvalue weighted by Crippen LogP contribution is 2.18. The molecule has 0 unspecified atom stereocenters. The van der Waals surface area contributed by atoms with E-state index >= 15 is 0 Å². The summed E-state index contributed by atoms with van der Waals surface area (Å²) in [7, 11) is 1.71. The fourth-order valence-corrected chi connectivity index (χ4v) is 2.61. The van der Waals surface area contributed by atoms with Crippen molar-refractivity contribution in [1.82, 2.24) is 4.90 Å². The number of ether oxygens (including phenoxy) is 1. The lowest BCUT2D eigenvalue weighted by Gasteiger charge is -2.31. The molecule has 21 heavy (non-hydrogen) atoms. The van der Waals surface area contributed by atoms with Crippen molar-refractivity contribution in [3.63, 3.8) is 0 Å². The van der Waals surface area contributed by atoms with E-state index in [-0.39, 0.29) is 11.5 Å². The predicted molar refractivity (Wildman–Crippen MR) is 78.5 cm³/mol. The molecule has 1 aliphatic heterocycles. The Bertz CT molecular complexity index is 493. The van der Waals surface area contributed by atoms with Crippen molar-refractivity contribution in [3.8, 4) is 0 Å². The first kappa shape index (κ1) is 15.6. The highest BCUT2D eigenvalue weighted by Gasteiger charge is 2.21. The number of likely N-dealkylation sites (tertiary alicyclic amines) is 1. The van der Waals surface area contributed by atoms with E-state index in [4.69, 9.17) is 4.74 Å². The zero-order valence-electron chi connectivity index (χ0n) is 12.2. The number of rotatable bonds is 6. The number of methoxy groups -OCH3 is 1. The van der Waals surface area contributed by atoms with Crippen LogP contribution < -0.4 is 0 Å². The van der Waals surface area contributed by atoms with Crippen molar-refractivity contribution in [3.05, 3.63) is 39.9 Å². The maximum Gasteiger partial charge on any atom is 0.269 e. The van der Waals surface area contributed by atoms with Gasteiger partial charge in [0.15, 0.2) is 5.78 Å². The first-order chi connectivity index (χ1) is 10.1. The normalized spacial score (nSPS) is 16.8. The van der Waals surface area contributed by atoms with E-state index in [9.17, 15) is 14.9 Å². The third-order valence-corrected chi connectivity index (χ3v) is 3.88. The van der Waals surface area contributed by atoms with Gasteiger partial charge in [-0.15, -0.1) is 0 Å². The lowest BCUT2D eigenvalue weighted by molar-refractivity contribution is -0.384. The van der Waals surface area contributed by atoms with Crippen molar-refractivity contribution in [2.45, 2.75) is 12.8 Å².